The molecule has 0 aliphatic heterocycles. The molecule has 0 aliphatic carbocycles. The molecule has 0 aliphatic rings. The number of amides is 1. The minimum atomic E-state index is -0.100. The molecule has 0 saturated carbocycles. The second-order valence-electron chi connectivity index (χ2n) is 4.54. The van der Waals surface area contributed by atoms with E-state index in [1.807, 2.05) is 37.2 Å². The number of rotatable bonds is 4. The second-order valence-corrected chi connectivity index (χ2v) is 6.51. The normalized spacial score (nSPS) is 11.2. The van der Waals surface area contributed by atoms with Crippen LogP contribution in [0.5, 0.6) is 0 Å². The lowest BCUT2D eigenvalue weighted by molar-refractivity contribution is 0.0956. The van der Waals surface area contributed by atoms with Crippen LogP contribution in [0.4, 0.5) is 5.69 Å². The van der Waals surface area contributed by atoms with Crippen molar-refractivity contribution in [3.63, 3.8) is 0 Å². The summed E-state index contributed by atoms with van der Waals surface area (Å²) in [4.78, 5) is 14.7. The number of hydrogen-bond acceptors (Lipinski definition) is 4. The monoisotopic (exact) mass is 341 g/mol. The molecule has 1 heterocycles. The van der Waals surface area contributed by atoms with Crippen LogP contribution in [0, 0.1) is 0 Å². The number of likely N-dealkylation sites (N-methyl/N-ethyl adjacent to an activating group) is 1. The highest BCUT2D eigenvalue weighted by Crippen LogP contribution is 2.35. The van der Waals surface area contributed by atoms with Crippen molar-refractivity contribution in [3.05, 3.63) is 27.5 Å². The molecule has 0 fully saturated rings. The third-order valence-electron chi connectivity index (χ3n) is 2.74. The molecule has 1 aromatic carbocycles. The molecule has 0 radical (unpaired) electrons. The largest absolute Gasteiger partial charge is 0.397 e. The average molecular weight is 342 g/mol. The molecule has 3 N–H and O–H groups in total. The van der Waals surface area contributed by atoms with Gasteiger partial charge in [0.25, 0.3) is 5.91 Å². The summed E-state index contributed by atoms with van der Waals surface area (Å²) in [5, 5.41) is 3.81. The maximum absolute atomic E-state index is 12.1. The van der Waals surface area contributed by atoms with E-state index >= 15 is 0 Å². The van der Waals surface area contributed by atoms with Crippen LogP contribution in [0.1, 0.15) is 9.67 Å². The molecule has 0 unspecified atom stereocenters. The minimum absolute atomic E-state index is 0.100. The summed E-state index contributed by atoms with van der Waals surface area (Å²) in [6.45, 7) is 1.42. The van der Waals surface area contributed by atoms with Crippen molar-refractivity contribution in [1.29, 1.82) is 0 Å². The molecule has 0 bridgehead atoms. The predicted octanol–water partition coefficient (Wildman–Crippen LogP) is 2.54. The number of hydrogen-bond donors (Lipinski definition) is 2. The molecule has 1 amide bonds. The highest BCUT2D eigenvalue weighted by molar-refractivity contribution is 9.10. The number of thiophene rings is 1. The Morgan fingerprint density at radius 1 is 1.47 bits per heavy atom. The maximum Gasteiger partial charge on any atom is 0.263 e. The molecule has 19 heavy (non-hydrogen) atoms. The number of halogens is 1. The lowest BCUT2D eigenvalue weighted by Crippen LogP contribution is -2.31. The first-order valence-electron chi connectivity index (χ1n) is 5.89. The van der Waals surface area contributed by atoms with Gasteiger partial charge in [0.2, 0.25) is 0 Å². The van der Waals surface area contributed by atoms with Crippen LogP contribution in [0.15, 0.2) is 22.7 Å². The maximum atomic E-state index is 12.1. The van der Waals surface area contributed by atoms with Crippen LogP contribution < -0.4 is 11.1 Å². The third kappa shape index (κ3) is 3.26. The molecular formula is C13H16BrN3OS. The highest BCUT2D eigenvalue weighted by Gasteiger charge is 2.16. The SMILES string of the molecule is CN(C)CCNC(=O)c1sc2ccc(Br)cc2c1N. The van der Waals surface area contributed by atoms with Gasteiger partial charge in [-0.25, -0.2) is 0 Å². The van der Waals surface area contributed by atoms with Gasteiger partial charge in [-0.15, -0.1) is 11.3 Å². The van der Waals surface area contributed by atoms with Gasteiger partial charge in [-0.1, -0.05) is 15.9 Å². The van der Waals surface area contributed by atoms with Crippen LogP contribution in [0.2, 0.25) is 0 Å². The van der Waals surface area contributed by atoms with Gasteiger partial charge >= 0.3 is 0 Å². The van der Waals surface area contributed by atoms with E-state index in [0.717, 1.165) is 21.1 Å². The van der Waals surface area contributed by atoms with E-state index in [2.05, 4.69) is 21.2 Å². The second kappa shape index (κ2) is 5.90. The lowest BCUT2D eigenvalue weighted by atomic mass is 10.2. The summed E-state index contributed by atoms with van der Waals surface area (Å²) in [6, 6.07) is 5.86. The number of carbonyl (C=O) groups excluding carboxylic acids is 1. The lowest BCUT2D eigenvalue weighted by Gasteiger charge is -2.09. The summed E-state index contributed by atoms with van der Waals surface area (Å²) in [7, 11) is 3.94. The molecule has 2 rings (SSSR count). The van der Waals surface area contributed by atoms with Crippen molar-refractivity contribution in [2.75, 3.05) is 32.9 Å². The zero-order chi connectivity index (χ0) is 14.0. The van der Waals surface area contributed by atoms with E-state index in [1.165, 1.54) is 11.3 Å². The van der Waals surface area contributed by atoms with Gasteiger partial charge < -0.3 is 16.0 Å². The Morgan fingerprint density at radius 3 is 2.89 bits per heavy atom. The van der Waals surface area contributed by atoms with Gasteiger partial charge in [-0.3, -0.25) is 4.79 Å². The number of nitrogen functional groups attached to an aromatic ring is 1. The number of nitrogens with two attached hydrogens (primary N) is 1. The van der Waals surface area contributed by atoms with Crippen molar-refractivity contribution in [2.24, 2.45) is 0 Å². The summed E-state index contributed by atoms with van der Waals surface area (Å²) >= 11 is 4.84. The van der Waals surface area contributed by atoms with E-state index in [-0.39, 0.29) is 5.91 Å². The molecule has 0 spiro atoms. The molecule has 102 valence electrons. The fourth-order valence-electron chi connectivity index (χ4n) is 1.73. The number of benzene rings is 1. The van der Waals surface area contributed by atoms with Crippen molar-refractivity contribution < 1.29 is 4.79 Å². The van der Waals surface area contributed by atoms with Gasteiger partial charge in [-0.2, -0.15) is 0 Å². The van der Waals surface area contributed by atoms with E-state index in [0.29, 0.717) is 17.1 Å². The quantitative estimate of drug-likeness (QED) is 0.898. The topological polar surface area (TPSA) is 58.4 Å². The van der Waals surface area contributed by atoms with Crippen molar-refractivity contribution in [3.8, 4) is 0 Å². The zero-order valence-corrected chi connectivity index (χ0v) is 13.3. The fraction of sp³-hybridized carbons (Fsp3) is 0.308. The Bertz CT molecular complexity index is 609. The number of fused-ring (bicyclic) bond motifs is 1. The molecule has 2 aromatic rings. The first-order chi connectivity index (χ1) is 8.99. The van der Waals surface area contributed by atoms with Crippen LogP contribution >= 0.6 is 27.3 Å². The minimum Gasteiger partial charge on any atom is -0.397 e. The van der Waals surface area contributed by atoms with Gasteiger partial charge in [0.05, 0.1) is 5.69 Å². The third-order valence-corrected chi connectivity index (χ3v) is 4.42. The summed E-state index contributed by atoms with van der Waals surface area (Å²) in [5.41, 5.74) is 6.62. The summed E-state index contributed by atoms with van der Waals surface area (Å²) in [6.07, 6.45) is 0. The van der Waals surface area contributed by atoms with Crippen molar-refractivity contribution in [1.82, 2.24) is 10.2 Å². The van der Waals surface area contributed by atoms with Gasteiger partial charge in [0, 0.05) is 27.6 Å². The van der Waals surface area contributed by atoms with Gasteiger partial charge in [-0.05, 0) is 32.3 Å². The Kier molecular flexibility index (Phi) is 4.44. The van der Waals surface area contributed by atoms with Crippen LogP contribution in [0.25, 0.3) is 10.1 Å². The van der Waals surface area contributed by atoms with Gasteiger partial charge in [0.15, 0.2) is 0 Å². The van der Waals surface area contributed by atoms with Crippen molar-refractivity contribution in [2.45, 2.75) is 0 Å². The number of anilines is 1. The average Bonchev–Trinajstić information content (AvgIpc) is 2.66. The standard InChI is InChI=1S/C13H16BrN3OS/c1-17(2)6-5-16-13(18)12-11(15)9-7-8(14)3-4-10(9)19-12/h3-4,7H,5-6,15H2,1-2H3,(H,16,18). The molecular weight excluding hydrogens is 326 g/mol. The smallest absolute Gasteiger partial charge is 0.263 e. The first-order valence-corrected chi connectivity index (χ1v) is 7.50. The van der Waals surface area contributed by atoms with E-state index < -0.39 is 0 Å². The number of carbonyl (C=O) groups is 1. The Labute approximate surface area is 124 Å². The van der Waals surface area contributed by atoms with Crippen LogP contribution in [0.3, 0.4) is 0 Å². The molecule has 0 saturated heterocycles. The Morgan fingerprint density at radius 2 is 2.21 bits per heavy atom. The van der Waals surface area contributed by atoms with E-state index in [4.69, 9.17) is 5.73 Å². The molecule has 1 aromatic heterocycles. The molecule has 4 nitrogen and oxygen atoms in total. The molecule has 0 atom stereocenters. The first kappa shape index (κ1) is 14.3. The predicted molar refractivity (Wildman–Crippen MR) is 84.8 cm³/mol. The van der Waals surface area contributed by atoms with Crippen LogP contribution in [-0.4, -0.2) is 38.0 Å². The molecule has 6 heteroatoms. The van der Waals surface area contributed by atoms with E-state index in [9.17, 15) is 4.79 Å². The summed E-state index contributed by atoms with van der Waals surface area (Å²) in [5.74, 6) is -0.100. The van der Waals surface area contributed by atoms with E-state index in [1.54, 1.807) is 0 Å². The Hall–Kier alpha value is -1.11. The summed E-state index contributed by atoms with van der Waals surface area (Å²) < 4.78 is 1.99. The zero-order valence-electron chi connectivity index (χ0n) is 10.9. The fourth-order valence-corrected chi connectivity index (χ4v) is 3.11. The van der Waals surface area contributed by atoms with Crippen LogP contribution in [-0.2, 0) is 0 Å². The number of nitrogens with one attached hydrogen (secondary N) is 1. The van der Waals surface area contributed by atoms with Gasteiger partial charge in [0.1, 0.15) is 4.88 Å². The van der Waals surface area contributed by atoms with Crippen molar-refractivity contribution >= 4 is 48.9 Å². The highest BCUT2D eigenvalue weighted by atomic mass is 79.9. The Balaban J connectivity index is 2.20. The number of nitrogens with zero attached hydrogens (tertiary/aromatic N) is 1.